The van der Waals surface area contributed by atoms with Crippen molar-refractivity contribution in [1.82, 2.24) is 4.90 Å². The van der Waals surface area contributed by atoms with E-state index in [9.17, 15) is 0 Å². The molecule has 320 valence electrons. The fourth-order valence-electron chi connectivity index (χ4n) is 6.84. The summed E-state index contributed by atoms with van der Waals surface area (Å²) in [7, 11) is 1.22. The minimum Gasteiger partial charge on any atom is -0.490 e. The molecule has 0 amide bonds. The van der Waals surface area contributed by atoms with Gasteiger partial charge in [0.1, 0.15) is 28.6 Å². The van der Waals surface area contributed by atoms with Crippen molar-refractivity contribution in [2.45, 2.75) is 119 Å². The third kappa shape index (κ3) is 12.7. The van der Waals surface area contributed by atoms with Crippen LogP contribution in [0, 0.1) is 0 Å². The average Bonchev–Trinajstić information content (AvgIpc) is 3.22. The maximum Gasteiger partial charge on any atom is 0.203 e. The number of rotatable bonds is 30. The SMILES string of the molecule is CCOc1ccc([Si]C(CC)N(C(CC)[Si]c2ccc(OCC)c(OCC)c2OCC)C(CC)[Si]c2ccc(OCC)c(OCC)c2OCC)c(OCC)c1OCC. The van der Waals surface area contributed by atoms with Crippen LogP contribution in [0.1, 0.15) is 102 Å². The molecule has 0 saturated carbocycles. The number of hydrogen-bond donors (Lipinski definition) is 0. The van der Waals surface area contributed by atoms with Crippen molar-refractivity contribution >= 4 is 44.1 Å². The Morgan fingerprint density at radius 1 is 0.328 bits per heavy atom. The van der Waals surface area contributed by atoms with Gasteiger partial charge in [-0.3, -0.25) is 0 Å². The largest absolute Gasteiger partial charge is 0.490 e. The normalized spacial score (nSPS) is 12.8. The summed E-state index contributed by atoms with van der Waals surface area (Å²) in [5, 5.41) is 3.39. The van der Waals surface area contributed by atoms with E-state index in [1.807, 2.05) is 80.5 Å². The van der Waals surface area contributed by atoms with Gasteiger partial charge in [0, 0.05) is 17.0 Å². The maximum absolute atomic E-state index is 6.42. The highest BCUT2D eigenvalue weighted by Gasteiger charge is 2.35. The van der Waals surface area contributed by atoms with Crippen LogP contribution in [0.3, 0.4) is 0 Å². The van der Waals surface area contributed by atoms with Crippen LogP contribution >= 0.6 is 0 Å². The highest BCUT2D eigenvalue weighted by Crippen LogP contribution is 2.39. The van der Waals surface area contributed by atoms with Crippen molar-refractivity contribution in [3.63, 3.8) is 0 Å². The molecule has 3 unspecified atom stereocenters. The minimum atomic E-state index is 0.177. The van der Waals surface area contributed by atoms with Gasteiger partial charge in [0.15, 0.2) is 34.5 Å². The summed E-state index contributed by atoms with van der Waals surface area (Å²) in [6.07, 6.45) is 2.79. The molecule has 3 aromatic rings. The number of hydrogen-bond acceptors (Lipinski definition) is 10. The molecule has 0 aliphatic carbocycles. The molecule has 0 aromatic heterocycles. The van der Waals surface area contributed by atoms with Crippen molar-refractivity contribution in [3.05, 3.63) is 36.4 Å². The highest BCUT2D eigenvalue weighted by molar-refractivity contribution is 6.60. The van der Waals surface area contributed by atoms with Gasteiger partial charge >= 0.3 is 0 Å². The second-order valence-corrected chi connectivity index (χ2v) is 17.3. The van der Waals surface area contributed by atoms with Crippen molar-refractivity contribution in [1.29, 1.82) is 0 Å². The molecule has 58 heavy (non-hydrogen) atoms. The van der Waals surface area contributed by atoms with Crippen LogP contribution in [-0.4, -0.2) is 110 Å². The molecule has 0 fully saturated rings. The molecular formula is C45H69NO9Si3. The molecule has 0 saturated heterocycles. The van der Waals surface area contributed by atoms with Crippen LogP contribution in [-0.2, 0) is 0 Å². The Morgan fingerprint density at radius 2 is 0.552 bits per heavy atom. The summed E-state index contributed by atoms with van der Waals surface area (Å²) in [6, 6.07) is 12.6. The van der Waals surface area contributed by atoms with Crippen LogP contribution in [0.4, 0.5) is 0 Å². The van der Waals surface area contributed by atoms with Crippen LogP contribution in [0.2, 0.25) is 0 Å². The fourth-order valence-corrected chi connectivity index (χ4v) is 12.0. The van der Waals surface area contributed by atoms with Crippen molar-refractivity contribution in [3.8, 4) is 51.7 Å². The summed E-state index contributed by atoms with van der Waals surface area (Å²) >= 11 is 0. The predicted octanol–water partition coefficient (Wildman–Crippen LogP) is 7.17. The van der Waals surface area contributed by atoms with E-state index in [4.69, 9.17) is 42.6 Å². The van der Waals surface area contributed by atoms with E-state index in [1.165, 1.54) is 0 Å². The van der Waals surface area contributed by atoms with E-state index in [-0.39, 0.29) is 17.0 Å². The van der Waals surface area contributed by atoms with Gasteiger partial charge in [0.25, 0.3) is 0 Å². The summed E-state index contributed by atoms with van der Waals surface area (Å²) < 4.78 is 56.1. The molecule has 3 aromatic carbocycles. The number of ether oxygens (including phenoxy) is 9. The molecule has 0 N–H and O–H groups in total. The van der Waals surface area contributed by atoms with Gasteiger partial charge < -0.3 is 47.5 Å². The Kier molecular flexibility index (Phi) is 22.4. The van der Waals surface area contributed by atoms with Gasteiger partial charge in [-0.05, 0) is 115 Å². The van der Waals surface area contributed by atoms with Crippen LogP contribution in [0.15, 0.2) is 36.4 Å². The number of nitrogens with zero attached hydrogens (tertiary/aromatic N) is 1. The Bertz CT molecular complexity index is 1460. The zero-order chi connectivity index (χ0) is 42.5. The lowest BCUT2D eigenvalue weighted by Crippen LogP contribution is -2.59. The van der Waals surface area contributed by atoms with Crippen LogP contribution in [0.5, 0.6) is 51.7 Å². The van der Waals surface area contributed by atoms with E-state index in [0.29, 0.717) is 123 Å². The number of benzene rings is 3. The Balaban J connectivity index is 2.30. The van der Waals surface area contributed by atoms with Gasteiger partial charge in [-0.15, -0.1) is 0 Å². The molecule has 10 nitrogen and oxygen atoms in total. The van der Waals surface area contributed by atoms with E-state index < -0.39 is 0 Å². The lowest BCUT2D eigenvalue weighted by atomic mass is 10.3. The Morgan fingerprint density at radius 3 is 0.759 bits per heavy atom. The lowest BCUT2D eigenvalue weighted by Gasteiger charge is -2.43. The standard InChI is InChI=1S/C45H69NO9Si3/c1-13-37(56-34-28-25-31(47-16-4)40(50-19-7)43(34)53-22-10)46(38(14-2)57-35-29-26-32(48-17-5)41(51-20-8)44(35)54-23-11)39(15-3)58-36-30-27-33(49-18-6)42(52-21-9)45(36)55-24-12/h25-30,37-39H,13-24H2,1-12H3. The molecule has 3 atom stereocenters. The Labute approximate surface area is 357 Å². The van der Waals surface area contributed by atoms with Crippen LogP contribution in [0.25, 0.3) is 0 Å². The first-order valence-electron chi connectivity index (χ1n) is 21.5. The third-order valence-electron chi connectivity index (χ3n) is 9.07. The zero-order valence-corrected chi connectivity index (χ0v) is 40.3. The molecule has 6 radical (unpaired) electrons. The zero-order valence-electron chi connectivity index (χ0n) is 37.3. The summed E-state index contributed by atoms with van der Waals surface area (Å²) in [5.74, 6) is 6.49. The third-order valence-corrected chi connectivity index (χ3v) is 14.3. The maximum atomic E-state index is 6.42. The molecule has 0 aliphatic rings. The second kappa shape index (κ2) is 26.5. The first kappa shape index (κ1) is 48.8. The highest BCUT2D eigenvalue weighted by atomic mass is 28.2. The predicted molar refractivity (Wildman–Crippen MR) is 240 cm³/mol. The first-order chi connectivity index (χ1) is 28.3. The lowest BCUT2D eigenvalue weighted by molar-refractivity contribution is 0.191. The summed E-state index contributed by atoms with van der Waals surface area (Å²) in [5.41, 5.74) is 0.530. The minimum absolute atomic E-state index is 0.177. The summed E-state index contributed by atoms with van der Waals surface area (Å²) in [6.45, 7) is 29.7. The topological polar surface area (TPSA) is 86.3 Å². The molecular weight excluding hydrogens is 783 g/mol. The van der Waals surface area contributed by atoms with Gasteiger partial charge in [-0.2, -0.15) is 0 Å². The fraction of sp³-hybridized carbons (Fsp3) is 0.600. The van der Waals surface area contributed by atoms with Crippen molar-refractivity contribution < 1.29 is 42.6 Å². The van der Waals surface area contributed by atoms with Crippen molar-refractivity contribution in [2.24, 2.45) is 0 Å². The molecule has 3 rings (SSSR count). The van der Waals surface area contributed by atoms with E-state index in [0.717, 1.165) is 52.1 Å². The molecule has 0 aliphatic heterocycles. The van der Waals surface area contributed by atoms with Gasteiger partial charge in [-0.25, -0.2) is 0 Å². The van der Waals surface area contributed by atoms with Crippen LogP contribution < -0.4 is 58.2 Å². The van der Waals surface area contributed by atoms with Gasteiger partial charge in [-0.1, -0.05) is 39.0 Å². The molecule has 0 bridgehead atoms. The van der Waals surface area contributed by atoms with Crippen molar-refractivity contribution in [2.75, 3.05) is 59.5 Å². The molecule has 0 spiro atoms. The van der Waals surface area contributed by atoms with E-state index in [1.54, 1.807) is 0 Å². The quantitative estimate of drug-likeness (QED) is 0.0644. The van der Waals surface area contributed by atoms with Gasteiger partial charge in [0.2, 0.25) is 17.2 Å². The second-order valence-electron chi connectivity index (χ2n) is 12.9. The van der Waals surface area contributed by atoms with E-state index >= 15 is 0 Å². The monoisotopic (exact) mass is 851 g/mol. The smallest absolute Gasteiger partial charge is 0.203 e. The average molecular weight is 852 g/mol. The molecule has 0 heterocycles. The first-order valence-corrected chi connectivity index (χ1v) is 24.7. The van der Waals surface area contributed by atoms with Gasteiger partial charge in [0.05, 0.1) is 59.5 Å². The molecule has 13 heteroatoms. The summed E-state index contributed by atoms with van der Waals surface area (Å²) in [4.78, 5) is 2.81. The van der Waals surface area contributed by atoms with E-state index in [2.05, 4.69) is 43.9 Å². The Hall–Kier alpha value is -3.53.